The lowest BCUT2D eigenvalue weighted by Crippen LogP contribution is -2.40. The quantitative estimate of drug-likeness (QED) is 0.616. The molecule has 26 heavy (non-hydrogen) atoms. The summed E-state index contributed by atoms with van der Waals surface area (Å²) in [6.45, 7) is 3.86. The number of imidazole rings is 1. The number of rotatable bonds is 2. The van der Waals surface area contributed by atoms with Crippen LogP contribution in [0.5, 0.6) is 0 Å². The van der Waals surface area contributed by atoms with Gasteiger partial charge in [-0.25, -0.2) is 13.8 Å². The summed E-state index contributed by atoms with van der Waals surface area (Å²) in [6, 6.07) is 6.13. The Morgan fingerprint density at radius 2 is 2.08 bits per heavy atom. The van der Waals surface area contributed by atoms with Crippen LogP contribution >= 0.6 is 15.9 Å². The van der Waals surface area contributed by atoms with Crippen LogP contribution in [0.15, 0.2) is 34.9 Å². The van der Waals surface area contributed by atoms with Gasteiger partial charge in [0.25, 0.3) is 0 Å². The second-order valence-corrected chi connectivity index (χ2v) is 7.46. The molecule has 0 aliphatic carbocycles. The molecule has 1 aliphatic heterocycles. The van der Waals surface area contributed by atoms with Crippen molar-refractivity contribution in [2.75, 3.05) is 4.90 Å². The predicted octanol–water partition coefficient (Wildman–Crippen LogP) is 4.41. The highest BCUT2D eigenvalue weighted by atomic mass is 79.9. The van der Waals surface area contributed by atoms with Crippen molar-refractivity contribution in [3.63, 3.8) is 0 Å². The molecular weight excluding hydrogens is 404 g/mol. The molecule has 4 nitrogen and oxygen atoms in total. The molecule has 0 spiro atoms. The first-order valence-corrected chi connectivity index (χ1v) is 9.07. The average molecular weight is 420 g/mol. The summed E-state index contributed by atoms with van der Waals surface area (Å²) in [5.41, 5.74) is 3.07. The number of carbonyl (C=O) groups excluding carboxylic acids is 1. The highest BCUT2D eigenvalue weighted by Gasteiger charge is 2.32. The summed E-state index contributed by atoms with van der Waals surface area (Å²) in [5, 5.41) is 0. The molecular formula is C19H16BrF2N3O. The summed E-state index contributed by atoms with van der Waals surface area (Å²) >= 11 is 3.19. The van der Waals surface area contributed by atoms with Crippen molar-refractivity contribution in [3.05, 3.63) is 63.5 Å². The lowest BCUT2D eigenvalue weighted by atomic mass is 9.92. The lowest BCUT2D eigenvalue weighted by molar-refractivity contribution is -0.122. The maximum absolute atomic E-state index is 14.3. The number of halogens is 3. The van der Waals surface area contributed by atoms with E-state index in [1.807, 2.05) is 6.92 Å². The van der Waals surface area contributed by atoms with Crippen molar-refractivity contribution in [3.8, 4) is 0 Å². The van der Waals surface area contributed by atoms with E-state index in [1.54, 1.807) is 34.6 Å². The number of aryl methyl sites for hydroxylation is 1. The summed E-state index contributed by atoms with van der Waals surface area (Å²) < 4.78 is 30.1. The van der Waals surface area contributed by atoms with Crippen LogP contribution < -0.4 is 4.90 Å². The second-order valence-electron chi connectivity index (χ2n) is 6.61. The molecule has 1 unspecified atom stereocenters. The second kappa shape index (κ2) is 6.16. The van der Waals surface area contributed by atoms with Crippen LogP contribution in [0, 0.1) is 24.5 Å². The van der Waals surface area contributed by atoms with E-state index >= 15 is 0 Å². The third-order valence-electron chi connectivity index (χ3n) is 4.85. The number of hydrogen-bond donors (Lipinski definition) is 0. The fourth-order valence-electron chi connectivity index (χ4n) is 3.49. The van der Waals surface area contributed by atoms with E-state index in [1.165, 1.54) is 12.1 Å². The average Bonchev–Trinajstić information content (AvgIpc) is 2.88. The molecule has 0 saturated carbocycles. The molecule has 1 aliphatic rings. The minimum atomic E-state index is -0.399. The van der Waals surface area contributed by atoms with Gasteiger partial charge >= 0.3 is 0 Å². The molecule has 134 valence electrons. The van der Waals surface area contributed by atoms with Crippen LogP contribution in [0.1, 0.15) is 23.9 Å². The minimum absolute atomic E-state index is 0.0568. The van der Waals surface area contributed by atoms with Crippen LogP contribution in [-0.4, -0.2) is 15.3 Å². The van der Waals surface area contributed by atoms with Gasteiger partial charge in [-0.05, 0) is 41.4 Å². The maximum Gasteiger partial charge on any atom is 0.230 e. The number of benzene rings is 1. The molecule has 1 aromatic carbocycles. The number of amides is 1. The first kappa shape index (κ1) is 17.1. The predicted molar refractivity (Wildman–Crippen MR) is 98.0 cm³/mol. The van der Waals surface area contributed by atoms with Gasteiger partial charge in [-0.1, -0.05) is 13.0 Å². The van der Waals surface area contributed by atoms with E-state index in [0.717, 1.165) is 5.69 Å². The number of carbonyl (C=O) groups is 1. The maximum atomic E-state index is 14.3. The van der Waals surface area contributed by atoms with Crippen molar-refractivity contribution in [1.82, 2.24) is 9.38 Å². The molecule has 2 aromatic heterocycles. The Balaban J connectivity index is 1.84. The lowest BCUT2D eigenvalue weighted by Gasteiger charge is -2.33. The zero-order chi connectivity index (χ0) is 18.6. The van der Waals surface area contributed by atoms with Crippen molar-refractivity contribution in [2.24, 2.45) is 5.92 Å². The Bertz CT molecular complexity index is 1050. The monoisotopic (exact) mass is 419 g/mol. The number of anilines is 1. The van der Waals surface area contributed by atoms with E-state index in [4.69, 9.17) is 0 Å². The highest BCUT2D eigenvalue weighted by molar-refractivity contribution is 9.10. The molecule has 0 radical (unpaired) electrons. The van der Waals surface area contributed by atoms with Gasteiger partial charge in [-0.15, -0.1) is 0 Å². The van der Waals surface area contributed by atoms with E-state index in [2.05, 4.69) is 20.9 Å². The standard InChI is InChI=1S/C19H16BrF2N3O/c1-10-6-12-14(21)4-3-5-16(12)25(19(10)26)9-17-11(2)23-18-7-15(22)13(20)8-24(17)18/h3-5,7-8,10H,6,9H2,1-2H3. The van der Waals surface area contributed by atoms with Crippen molar-refractivity contribution in [2.45, 2.75) is 26.8 Å². The number of nitrogens with zero attached hydrogens (tertiary/aromatic N) is 3. The molecule has 1 amide bonds. The van der Waals surface area contributed by atoms with Gasteiger partial charge in [0.05, 0.1) is 28.1 Å². The molecule has 7 heteroatoms. The Hall–Kier alpha value is -2.28. The smallest absolute Gasteiger partial charge is 0.230 e. The van der Waals surface area contributed by atoms with Crippen molar-refractivity contribution >= 4 is 33.2 Å². The number of fused-ring (bicyclic) bond motifs is 2. The molecule has 1 atom stereocenters. The van der Waals surface area contributed by atoms with Crippen LogP contribution in [0.3, 0.4) is 0 Å². The van der Waals surface area contributed by atoms with E-state index < -0.39 is 5.82 Å². The largest absolute Gasteiger partial charge is 0.306 e. The third kappa shape index (κ3) is 2.61. The molecule has 0 bridgehead atoms. The van der Waals surface area contributed by atoms with Gasteiger partial charge in [-0.3, -0.25) is 4.79 Å². The Kier molecular flexibility index (Phi) is 4.06. The molecule has 3 aromatic rings. The molecule has 0 N–H and O–H groups in total. The SMILES string of the molecule is Cc1nc2cc(F)c(Br)cn2c1CN1C(=O)C(C)Cc2c(F)cccc21. The fraction of sp³-hybridized carbons (Fsp3) is 0.263. The van der Waals surface area contributed by atoms with Gasteiger partial charge in [0.15, 0.2) is 0 Å². The normalized spacial score (nSPS) is 17.0. The summed E-state index contributed by atoms with van der Waals surface area (Å²) in [7, 11) is 0. The van der Waals surface area contributed by atoms with Crippen molar-refractivity contribution in [1.29, 1.82) is 0 Å². The van der Waals surface area contributed by atoms with Crippen molar-refractivity contribution < 1.29 is 13.6 Å². The Morgan fingerprint density at radius 3 is 2.85 bits per heavy atom. The zero-order valence-electron chi connectivity index (χ0n) is 14.3. The number of hydrogen-bond acceptors (Lipinski definition) is 2. The summed E-state index contributed by atoms with van der Waals surface area (Å²) in [5.74, 6) is -1.06. The zero-order valence-corrected chi connectivity index (χ0v) is 15.8. The minimum Gasteiger partial charge on any atom is -0.306 e. The Morgan fingerprint density at radius 1 is 1.31 bits per heavy atom. The molecule has 0 fully saturated rings. The van der Waals surface area contributed by atoms with Gasteiger partial charge in [0.1, 0.15) is 17.3 Å². The van der Waals surface area contributed by atoms with E-state index in [-0.39, 0.29) is 24.2 Å². The summed E-state index contributed by atoms with van der Waals surface area (Å²) in [4.78, 5) is 18.8. The van der Waals surface area contributed by atoms with Crippen LogP contribution in [0.2, 0.25) is 0 Å². The van der Waals surface area contributed by atoms with Crippen LogP contribution in [0.4, 0.5) is 14.5 Å². The van der Waals surface area contributed by atoms with E-state index in [0.29, 0.717) is 33.5 Å². The highest BCUT2D eigenvalue weighted by Crippen LogP contribution is 2.34. The van der Waals surface area contributed by atoms with Gasteiger partial charge < -0.3 is 9.30 Å². The topological polar surface area (TPSA) is 37.6 Å². The molecule has 0 saturated heterocycles. The third-order valence-corrected chi connectivity index (χ3v) is 5.44. The molecule has 4 rings (SSSR count). The molecule has 3 heterocycles. The van der Waals surface area contributed by atoms with Gasteiger partial charge in [0.2, 0.25) is 5.91 Å². The number of aromatic nitrogens is 2. The first-order valence-electron chi connectivity index (χ1n) is 8.28. The van der Waals surface area contributed by atoms with Gasteiger partial charge in [0, 0.05) is 23.7 Å². The van der Waals surface area contributed by atoms with E-state index in [9.17, 15) is 13.6 Å². The Labute approximate surface area is 157 Å². The van der Waals surface area contributed by atoms with Gasteiger partial charge in [-0.2, -0.15) is 0 Å². The van der Waals surface area contributed by atoms with Crippen LogP contribution in [0.25, 0.3) is 5.65 Å². The first-order chi connectivity index (χ1) is 12.4. The fourth-order valence-corrected chi connectivity index (χ4v) is 3.81. The number of pyridine rings is 1. The summed E-state index contributed by atoms with van der Waals surface area (Å²) in [6.07, 6.45) is 1.99. The van der Waals surface area contributed by atoms with Crippen LogP contribution in [-0.2, 0) is 17.8 Å².